The molecule has 36 heavy (non-hydrogen) atoms. The van der Waals surface area contributed by atoms with Crippen molar-refractivity contribution >= 4 is 47.2 Å². The smallest absolute Gasteiger partial charge is 0.326 e. The summed E-state index contributed by atoms with van der Waals surface area (Å²) in [4.78, 5) is 50.6. The highest BCUT2D eigenvalue weighted by Gasteiger charge is 2.30. The van der Waals surface area contributed by atoms with Crippen molar-refractivity contribution in [2.45, 2.75) is 63.7 Å². The van der Waals surface area contributed by atoms with E-state index in [0.29, 0.717) is 30.8 Å². The minimum atomic E-state index is -1.16. The second-order valence-electron chi connectivity index (χ2n) is 9.01. The first-order valence-corrected chi connectivity index (χ1v) is 14.8. The number of carboxylic acid groups (broad SMARTS) is 1. The van der Waals surface area contributed by atoms with Crippen molar-refractivity contribution < 1.29 is 24.3 Å². The molecular formula is C25H40N4O5S2. The zero-order valence-corrected chi connectivity index (χ0v) is 23.1. The highest BCUT2D eigenvalue weighted by molar-refractivity contribution is 7.98. The first-order valence-electron chi connectivity index (χ1n) is 12.0. The van der Waals surface area contributed by atoms with Crippen LogP contribution in [0.25, 0.3) is 0 Å². The van der Waals surface area contributed by atoms with Crippen LogP contribution >= 0.6 is 23.5 Å². The second-order valence-corrected chi connectivity index (χ2v) is 11.0. The maximum absolute atomic E-state index is 13.1. The zero-order valence-electron chi connectivity index (χ0n) is 21.5. The molecule has 0 aliphatic carbocycles. The van der Waals surface area contributed by atoms with Gasteiger partial charge in [-0.05, 0) is 54.8 Å². The number of benzene rings is 1. The number of carbonyl (C=O) groups excluding carboxylic acids is 3. The second kappa shape index (κ2) is 17.3. The number of aliphatic carboxylic acids is 1. The number of carbonyl (C=O) groups is 4. The Bertz CT molecular complexity index is 841. The van der Waals surface area contributed by atoms with Gasteiger partial charge in [-0.2, -0.15) is 23.5 Å². The van der Waals surface area contributed by atoms with Crippen molar-refractivity contribution in [3.8, 4) is 0 Å². The minimum Gasteiger partial charge on any atom is -0.480 e. The molecule has 202 valence electrons. The summed E-state index contributed by atoms with van der Waals surface area (Å²) in [6, 6.07) is 5.33. The highest BCUT2D eigenvalue weighted by atomic mass is 32.2. The van der Waals surface area contributed by atoms with E-state index in [-0.39, 0.29) is 12.3 Å². The molecule has 6 N–H and O–H groups in total. The van der Waals surface area contributed by atoms with Gasteiger partial charge in [0.15, 0.2) is 0 Å². The third-order valence-electron chi connectivity index (χ3n) is 5.45. The predicted molar refractivity (Wildman–Crippen MR) is 147 cm³/mol. The summed E-state index contributed by atoms with van der Waals surface area (Å²) in [6.07, 6.45) is 5.06. The van der Waals surface area contributed by atoms with Crippen LogP contribution < -0.4 is 21.7 Å². The van der Waals surface area contributed by atoms with E-state index in [9.17, 15) is 24.3 Å². The molecule has 0 radical (unpaired) electrons. The van der Waals surface area contributed by atoms with Crippen LogP contribution in [0, 0.1) is 5.92 Å². The Hall–Kier alpha value is -2.24. The largest absolute Gasteiger partial charge is 0.480 e. The summed E-state index contributed by atoms with van der Waals surface area (Å²) in [5.41, 5.74) is 6.76. The summed E-state index contributed by atoms with van der Waals surface area (Å²) in [6.45, 7) is 3.92. The van der Waals surface area contributed by atoms with Gasteiger partial charge < -0.3 is 26.8 Å². The molecule has 0 aromatic heterocycles. The third-order valence-corrected chi connectivity index (χ3v) is 6.73. The fourth-order valence-electron chi connectivity index (χ4n) is 3.50. The Balaban J connectivity index is 2.95. The van der Waals surface area contributed by atoms with Gasteiger partial charge in [0, 0.05) is 6.42 Å². The molecule has 0 heterocycles. The van der Waals surface area contributed by atoms with Crippen molar-refractivity contribution in [2.75, 3.05) is 24.0 Å². The van der Waals surface area contributed by atoms with Gasteiger partial charge in [0.25, 0.3) is 0 Å². The van der Waals surface area contributed by atoms with E-state index < -0.39 is 47.9 Å². The summed E-state index contributed by atoms with van der Waals surface area (Å²) < 4.78 is 0. The lowest BCUT2D eigenvalue weighted by molar-refractivity contribution is -0.142. The summed E-state index contributed by atoms with van der Waals surface area (Å²) in [7, 11) is 0. The van der Waals surface area contributed by atoms with Crippen molar-refractivity contribution in [1.82, 2.24) is 16.0 Å². The molecule has 0 spiro atoms. The first-order chi connectivity index (χ1) is 17.1. The molecule has 0 saturated carbocycles. The van der Waals surface area contributed by atoms with Crippen molar-refractivity contribution in [3.05, 3.63) is 35.9 Å². The SMILES string of the molecule is CSCCC(NC(=O)C(N)CC(C)C)C(=O)NC(CCSC)C(=O)NC(Cc1ccccc1)C(=O)O. The molecule has 1 aromatic carbocycles. The lowest BCUT2D eigenvalue weighted by Gasteiger charge is -2.25. The molecular weight excluding hydrogens is 500 g/mol. The molecule has 11 heteroatoms. The van der Waals surface area contributed by atoms with Crippen molar-refractivity contribution in [1.29, 1.82) is 0 Å². The Morgan fingerprint density at radius 1 is 0.833 bits per heavy atom. The maximum atomic E-state index is 13.1. The molecule has 0 aliphatic rings. The lowest BCUT2D eigenvalue weighted by atomic mass is 10.0. The molecule has 1 rings (SSSR count). The van der Waals surface area contributed by atoms with Crippen LogP contribution in [0.15, 0.2) is 30.3 Å². The number of carboxylic acids is 1. The van der Waals surface area contributed by atoms with Gasteiger partial charge in [0.2, 0.25) is 17.7 Å². The third kappa shape index (κ3) is 12.1. The molecule has 4 unspecified atom stereocenters. The fraction of sp³-hybridized carbons (Fsp3) is 0.600. The summed E-state index contributed by atoms with van der Waals surface area (Å²) in [5, 5.41) is 17.7. The van der Waals surface area contributed by atoms with Gasteiger partial charge >= 0.3 is 5.97 Å². The van der Waals surface area contributed by atoms with Gasteiger partial charge in [-0.1, -0.05) is 44.2 Å². The van der Waals surface area contributed by atoms with Gasteiger partial charge in [0.1, 0.15) is 18.1 Å². The zero-order chi connectivity index (χ0) is 27.1. The van der Waals surface area contributed by atoms with Crippen LogP contribution in [0.3, 0.4) is 0 Å². The number of rotatable bonds is 17. The van der Waals surface area contributed by atoms with Crippen LogP contribution in [0.2, 0.25) is 0 Å². The Labute approximate surface area is 222 Å². The normalized spacial score (nSPS) is 14.4. The first kappa shape index (κ1) is 31.8. The van der Waals surface area contributed by atoms with E-state index in [0.717, 1.165) is 5.56 Å². The van der Waals surface area contributed by atoms with E-state index in [4.69, 9.17) is 5.73 Å². The van der Waals surface area contributed by atoms with E-state index >= 15 is 0 Å². The summed E-state index contributed by atoms with van der Waals surface area (Å²) >= 11 is 3.04. The predicted octanol–water partition coefficient (Wildman–Crippen LogP) is 1.65. The molecule has 3 amide bonds. The van der Waals surface area contributed by atoms with E-state index in [1.165, 1.54) is 23.5 Å². The Kier molecular flexibility index (Phi) is 15.2. The Morgan fingerprint density at radius 2 is 1.31 bits per heavy atom. The van der Waals surface area contributed by atoms with E-state index in [1.54, 1.807) is 24.3 Å². The maximum Gasteiger partial charge on any atom is 0.326 e. The van der Waals surface area contributed by atoms with E-state index in [2.05, 4.69) is 16.0 Å². The average molecular weight is 541 g/mol. The van der Waals surface area contributed by atoms with E-state index in [1.807, 2.05) is 32.4 Å². The van der Waals surface area contributed by atoms with Crippen LogP contribution in [-0.4, -0.2) is 77.0 Å². The standard InChI is InChI=1S/C25H40N4O5S2/c1-16(2)14-18(26)22(30)27-19(10-12-35-3)23(31)28-20(11-13-36-4)24(32)29-21(25(33)34)15-17-8-6-5-7-9-17/h5-9,16,18-21H,10-15,26H2,1-4H3,(H,27,30)(H,28,31)(H,29,32)(H,33,34). The van der Waals surface area contributed by atoms with Gasteiger partial charge in [-0.15, -0.1) is 0 Å². The van der Waals surface area contributed by atoms with Gasteiger partial charge in [-0.25, -0.2) is 4.79 Å². The van der Waals surface area contributed by atoms with Crippen molar-refractivity contribution in [2.24, 2.45) is 11.7 Å². The van der Waals surface area contributed by atoms with Gasteiger partial charge in [-0.3, -0.25) is 14.4 Å². The number of amides is 3. The molecule has 0 fully saturated rings. The number of thioether (sulfide) groups is 2. The number of hydrogen-bond donors (Lipinski definition) is 5. The Morgan fingerprint density at radius 3 is 1.75 bits per heavy atom. The van der Waals surface area contributed by atoms with Crippen LogP contribution in [0.4, 0.5) is 0 Å². The van der Waals surface area contributed by atoms with Crippen LogP contribution in [0.5, 0.6) is 0 Å². The lowest BCUT2D eigenvalue weighted by Crippen LogP contribution is -2.57. The van der Waals surface area contributed by atoms with Crippen molar-refractivity contribution in [3.63, 3.8) is 0 Å². The molecule has 9 nitrogen and oxygen atoms in total. The molecule has 0 saturated heterocycles. The topological polar surface area (TPSA) is 151 Å². The number of hydrogen-bond acceptors (Lipinski definition) is 7. The molecule has 0 bridgehead atoms. The fourth-order valence-corrected chi connectivity index (χ4v) is 4.44. The molecule has 1 aromatic rings. The highest BCUT2D eigenvalue weighted by Crippen LogP contribution is 2.09. The number of nitrogens with one attached hydrogen (secondary N) is 3. The molecule has 0 aliphatic heterocycles. The average Bonchev–Trinajstić information content (AvgIpc) is 2.83. The number of nitrogens with two attached hydrogens (primary N) is 1. The molecule has 4 atom stereocenters. The monoisotopic (exact) mass is 540 g/mol. The van der Waals surface area contributed by atoms with Gasteiger partial charge in [0.05, 0.1) is 6.04 Å². The quantitative estimate of drug-likeness (QED) is 0.200. The summed E-state index contributed by atoms with van der Waals surface area (Å²) in [5.74, 6) is -1.22. The minimum absolute atomic E-state index is 0.116. The van der Waals surface area contributed by atoms with Crippen LogP contribution in [0.1, 0.15) is 38.7 Å². The van der Waals surface area contributed by atoms with Crippen LogP contribution in [-0.2, 0) is 25.6 Å².